The standard InChI is InChI=1S/C22H20N2O3S/c25-22(16-5-6-16)24-12-11-18-13-19(8-10-21(18)24)23-28(26,27)20-9-7-15-3-1-2-4-17(15)14-20/h1-4,7-10,13-14,16,23H,5-6,11-12H2. The highest BCUT2D eigenvalue weighted by Crippen LogP contribution is 2.37. The van der Waals surface area contributed by atoms with Crippen molar-refractivity contribution in [3.8, 4) is 0 Å². The summed E-state index contributed by atoms with van der Waals surface area (Å²) in [5.41, 5.74) is 2.44. The third kappa shape index (κ3) is 3.03. The highest BCUT2D eigenvalue weighted by molar-refractivity contribution is 7.92. The molecule has 1 heterocycles. The van der Waals surface area contributed by atoms with Crippen molar-refractivity contribution in [2.45, 2.75) is 24.2 Å². The molecule has 3 aromatic rings. The van der Waals surface area contributed by atoms with Crippen LogP contribution in [-0.2, 0) is 21.2 Å². The number of carbonyl (C=O) groups is 1. The minimum Gasteiger partial charge on any atom is -0.312 e. The summed E-state index contributed by atoms with van der Waals surface area (Å²) in [4.78, 5) is 14.5. The first kappa shape index (κ1) is 17.3. The van der Waals surface area contributed by atoms with Gasteiger partial charge in [0.25, 0.3) is 10.0 Å². The number of rotatable bonds is 4. The molecule has 0 bridgehead atoms. The van der Waals surface area contributed by atoms with Gasteiger partial charge >= 0.3 is 0 Å². The van der Waals surface area contributed by atoms with Crippen LogP contribution in [0, 0.1) is 5.92 Å². The molecule has 1 amide bonds. The van der Waals surface area contributed by atoms with Crippen LogP contribution in [0.5, 0.6) is 0 Å². The molecule has 0 radical (unpaired) electrons. The van der Waals surface area contributed by atoms with Crippen LogP contribution in [0.15, 0.2) is 65.6 Å². The molecular weight excluding hydrogens is 372 g/mol. The molecule has 1 saturated carbocycles. The Bertz CT molecular complexity index is 1200. The normalized spacial score (nSPS) is 16.2. The van der Waals surface area contributed by atoms with Crippen LogP contribution in [-0.4, -0.2) is 20.9 Å². The highest BCUT2D eigenvalue weighted by atomic mass is 32.2. The fourth-order valence-corrected chi connectivity index (χ4v) is 4.88. The molecule has 6 heteroatoms. The van der Waals surface area contributed by atoms with Crippen molar-refractivity contribution >= 4 is 38.1 Å². The molecule has 5 rings (SSSR count). The minimum atomic E-state index is -3.69. The van der Waals surface area contributed by atoms with E-state index in [0.717, 1.165) is 41.3 Å². The van der Waals surface area contributed by atoms with E-state index in [-0.39, 0.29) is 16.7 Å². The van der Waals surface area contributed by atoms with Gasteiger partial charge in [0.05, 0.1) is 4.90 Å². The van der Waals surface area contributed by atoms with Crippen LogP contribution in [0.1, 0.15) is 18.4 Å². The molecule has 142 valence electrons. The second kappa shape index (κ2) is 6.34. The molecular formula is C22H20N2O3S. The van der Waals surface area contributed by atoms with E-state index in [0.29, 0.717) is 12.2 Å². The van der Waals surface area contributed by atoms with Crippen LogP contribution in [0.4, 0.5) is 11.4 Å². The first-order chi connectivity index (χ1) is 13.5. The Morgan fingerprint density at radius 1 is 0.964 bits per heavy atom. The van der Waals surface area contributed by atoms with Gasteiger partial charge in [0, 0.05) is 23.8 Å². The smallest absolute Gasteiger partial charge is 0.261 e. The maximum absolute atomic E-state index is 12.8. The molecule has 3 aromatic carbocycles. The fourth-order valence-electron chi connectivity index (χ4n) is 3.79. The van der Waals surface area contributed by atoms with Crippen molar-refractivity contribution in [2.75, 3.05) is 16.2 Å². The molecule has 0 saturated heterocycles. The van der Waals surface area contributed by atoms with E-state index in [1.54, 1.807) is 18.2 Å². The van der Waals surface area contributed by atoms with E-state index >= 15 is 0 Å². The van der Waals surface area contributed by atoms with Gasteiger partial charge in [0.1, 0.15) is 0 Å². The lowest BCUT2D eigenvalue weighted by molar-refractivity contribution is -0.119. The average molecular weight is 392 g/mol. The number of benzene rings is 3. The molecule has 1 aliphatic heterocycles. The molecule has 1 aliphatic carbocycles. The summed E-state index contributed by atoms with van der Waals surface area (Å²) in [7, 11) is -3.69. The van der Waals surface area contributed by atoms with E-state index in [1.165, 1.54) is 0 Å². The summed E-state index contributed by atoms with van der Waals surface area (Å²) in [5, 5.41) is 1.88. The van der Waals surface area contributed by atoms with Crippen molar-refractivity contribution in [3.63, 3.8) is 0 Å². The van der Waals surface area contributed by atoms with Gasteiger partial charge in [-0.3, -0.25) is 9.52 Å². The summed E-state index contributed by atoms with van der Waals surface area (Å²) in [6, 6.07) is 18.2. The Kier molecular flexibility index (Phi) is 3.91. The quantitative estimate of drug-likeness (QED) is 0.731. The van der Waals surface area contributed by atoms with Crippen molar-refractivity contribution in [3.05, 3.63) is 66.2 Å². The zero-order valence-electron chi connectivity index (χ0n) is 15.3. The number of amides is 1. The monoisotopic (exact) mass is 392 g/mol. The van der Waals surface area contributed by atoms with Gasteiger partial charge < -0.3 is 4.90 Å². The highest BCUT2D eigenvalue weighted by Gasteiger charge is 2.36. The largest absolute Gasteiger partial charge is 0.312 e. The number of hydrogen-bond donors (Lipinski definition) is 1. The first-order valence-electron chi connectivity index (χ1n) is 9.47. The summed E-state index contributed by atoms with van der Waals surface area (Å²) >= 11 is 0. The lowest BCUT2D eigenvalue weighted by atomic mass is 10.1. The Balaban J connectivity index is 1.41. The molecule has 0 spiro atoms. The van der Waals surface area contributed by atoms with Gasteiger partial charge in [0.15, 0.2) is 0 Å². The SMILES string of the molecule is O=C(C1CC1)N1CCc2cc(NS(=O)(=O)c3ccc4ccccc4c3)ccc21. The number of hydrogen-bond acceptors (Lipinski definition) is 3. The van der Waals surface area contributed by atoms with Crippen molar-refractivity contribution in [2.24, 2.45) is 5.92 Å². The number of carbonyl (C=O) groups excluding carboxylic acids is 1. The van der Waals surface area contributed by atoms with Crippen LogP contribution < -0.4 is 9.62 Å². The summed E-state index contributed by atoms with van der Waals surface area (Å²) in [6.45, 7) is 0.672. The number of anilines is 2. The third-order valence-corrected chi connectivity index (χ3v) is 6.83. The maximum Gasteiger partial charge on any atom is 0.261 e. The first-order valence-corrected chi connectivity index (χ1v) is 11.0. The van der Waals surface area contributed by atoms with Crippen LogP contribution >= 0.6 is 0 Å². The molecule has 5 nitrogen and oxygen atoms in total. The predicted octanol–water partition coefficient (Wildman–Crippen LogP) is 3.94. The lowest BCUT2D eigenvalue weighted by Gasteiger charge is -2.17. The van der Waals surface area contributed by atoms with E-state index < -0.39 is 10.0 Å². The minimum absolute atomic E-state index is 0.178. The molecule has 0 atom stereocenters. The molecule has 2 aliphatic rings. The molecule has 1 N–H and O–H groups in total. The summed E-state index contributed by atoms with van der Waals surface area (Å²) in [6.07, 6.45) is 2.71. The van der Waals surface area contributed by atoms with Crippen molar-refractivity contribution in [1.82, 2.24) is 0 Å². The Morgan fingerprint density at radius 3 is 2.54 bits per heavy atom. The zero-order chi connectivity index (χ0) is 19.3. The summed E-state index contributed by atoms with van der Waals surface area (Å²) < 4.78 is 28.4. The fraction of sp³-hybridized carbons (Fsp3) is 0.227. The van der Waals surface area contributed by atoms with Crippen molar-refractivity contribution in [1.29, 1.82) is 0 Å². The molecule has 0 aromatic heterocycles. The molecule has 28 heavy (non-hydrogen) atoms. The van der Waals surface area contributed by atoms with Crippen LogP contribution in [0.3, 0.4) is 0 Å². The number of fused-ring (bicyclic) bond motifs is 2. The maximum atomic E-state index is 12.8. The van der Waals surface area contributed by atoms with E-state index in [2.05, 4.69) is 4.72 Å². The van der Waals surface area contributed by atoms with Gasteiger partial charge in [-0.25, -0.2) is 8.42 Å². The van der Waals surface area contributed by atoms with Gasteiger partial charge in [-0.1, -0.05) is 30.3 Å². The molecule has 0 unspecified atom stereocenters. The number of nitrogens with zero attached hydrogens (tertiary/aromatic N) is 1. The zero-order valence-corrected chi connectivity index (χ0v) is 16.1. The van der Waals surface area contributed by atoms with Crippen LogP contribution in [0.2, 0.25) is 0 Å². The van der Waals surface area contributed by atoms with Gasteiger partial charge in [-0.2, -0.15) is 0 Å². The van der Waals surface area contributed by atoms with Crippen molar-refractivity contribution < 1.29 is 13.2 Å². The van der Waals surface area contributed by atoms with E-state index in [9.17, 15) is 13.2 Å². The van der Waals surface area contributed by atoms with E-state index in [4.69, 9.17) is 0 Å². The Morgan fingerprint density at radius 2 is 1.75 bits per heavy atom. The second-order valence-corrected chi connectivity index (χ2v) is 9.15. The third-order valence-electron chi connectivity index (χ3n) is 5.45. The predicted molar refractivity (Wildman–Crippen MR) is 110 cm³/mol. The van der Waals surface area contributed by atoms with Crippen LogP contribution in [0.25, 0.3) is 10.8 Å². The second-order valence-electron chi connectivity index (χ2n) is 7.47. The Labute approximate surface area is 164 Å². The summed E-state index contributed by atoms with van der Waals surface area (Å²) in [5.74, 6) is 0.375. The number of nitrogens with one attached hydrogen (secondary N) is 1. The van der Waals surface area contributed by atoms with Gasteiger partial charge in [0.2, 0.25) is 5.91 Å². The van der Waals surface area contributed by atoms with E-state index in [1.807, 2.05) is 47.4 Å². The average Bonchev–Trinajstić information content (AvgIpc) is 3.46. The topological polar surface area (TPSA) is 66.5 Å². The lowest BCUT2D eigenvalue weighted by Crippen LogP contribution is -2.30. The van der Waals surface area contributed by atoms with Gasteiger partial charge in [-0.05, 0) is 65.9 Å². The number of sulfonamides is 1. The molecule has 1 fully saturated rings. The van der Waals surface area contributed by atoms with Gasteiger partial charge in [-0.15, -0.1) is 0 Å². The Hall–Kier alpha value is -2.86.